The second-order valence-electron chi connectivity index (χ2n) is 4.28. The molecule has 0 saturated heterocycles. The Morgan fingerprint density at radius 2 is 2.11 bits per heavy atom. The number of methoxy groups -OCH3 is 2. The lowest BCUT2D eigenvalue weighted by Gasteiger charge is -2.21. The topological polar surface area (TPSA) is 39.7 Å². The first-order valence-electron chi connectivity index (χ1n) is 6.20. The average molecular weight is 284 g/mol. The standard InChI is InChI=1S/C14H18ClNO3/c1-17-13-8-12(14(18-2)7-11(13)15)16-9-10-5-3-4-6-19-10/h4,6-8,10,16H,3,5,9H2,1-2H3. The zero-order chi connectivity index (χ0) is 13.7. The van der Waals surface area contributed by atoms with Crippen LogP contribution in [0.25, 0.3) is 0 Å². The van der Waals surface area contributed by atoms with Gasteiger partial charge < -0.3 is 19.5 Å². The van der Waals surface area contributed by atoms with E-state index in [1.165, 1.54) is 0 Å². The summed E-state index contributed by atoms with van der Waals surface area (Å²) in [7, 11) is 3.20. The van der Waals surface area contributed by atoms with Crippen molar-refractivity contribution >= 4 is 17.3 Å². The Labute approximate surface area is 118 Å². The number of nitrogens with one attached hydrogen (secondary N) is 1. The monoisotopic (exact) mass is 283 g/mol. The summed E-state index contributed by atoms with van der Waals surface area (Å²) >= 11 is 6.06. The van der Waals surface area contributed by atoms with Crippen molar-refractivity contribution in [2.45, 2.75) is 18.9 Å². The van der Waals surface area contributed by atoms with Crippen LogP contribution in [0.2, 0.25) is 5.02 Å². The summed E-state index contributed by atoms with van der Waals surface area (Å²) in [6.45, 7) is 0.714. The average Bonchev–Trinajstić information content (AvgIpc) is 2.46. The van der Waals surface area contributed by atoms with Gasteiger partial charge in [0.1, 0.15) is 17.6 Å². The molecule has 1 aromatic rings. The molecule has 0 radical (unpaired) electrons. The van der Waals surface area contributed by atoms with E-state index in [2.05, 4.69) is 5.32 Å². The van der Waals surface area contributed by atoms with Gasteiger partial charge in [0.15, 0.2) is 0 Å². The van der Waals surface area contributed by atoms with Gasteiger partial charge in [-0.3, -0.25) is 0 Å². The maximum absolute atomic E-state index is 6.06. The third-order valence-electron chi connectivity index (χ3n) is 3.02. The summed E-state index contributed by atoms with van der Waals surface area (Å²) in [6, 6.07) is 3.57. The van der Waals surface area contributed by atoms with E-state index in [9.17, 15) is 0 Å². The van der Waals surface area contributed by atoms with Gasteiger partial charge in [0.05, 0.1) is 37.7 Å². The molecule has 2 rings (SSSR count). The van der Waals surface area contributed by atoms with E-state index >= 15 is 0 Å². The molecule has 0 aromatic heterocycles. The van der Waals surface area contributed by atoms with E-state index in [-0.39, 0.29) is 6.10 Å². The number of hydrogen-bond acceptors (Lipinski definition) is 4. The number of halogens is 1. The summed E-state index contributed by atoms with van der Waals surface area (Å²) in [5, 5.41) is 3.84. The second-order valence-corrected chi connectivity index (χ2v) is 4.68. The van der Waals surface area contributed by atoms with Crippen molar-refractivity contribution in [3.8, 4) is 11.5 Å². The third-order valence-corrected chi connectivity index (χ3v) is 3.31. The lowest BCUT2D eigenvalue weighted by molar-refractivity contribution is 0.135. The van der Waals surface area contributed by atoms with Crippen molar-refractivity contribution in [1.82, 2.24) is 0 Å². The van der Waals surface area contributed by atoms with Crippen molar-refractivity contribution in [2.24, 2.45) is 0 Å². The van der Waals surface area contributed by atoms with Crippen molar-refractivity contribution in [3.05, 3.63) is 29.5 Å². The number of rotatable bonds is 5. The van der Waals surface area contributed by atoms with Crippen LogP contribution in [0.3, 0.4) is 0 Å². The van der Waals surface area contributed by atoms with Crippen LogP contribution in [-0.2, 0) is 4.74 Å². The minimum Gasteiger partial charge on any atom is -0.497 e. The van der Waals surface area contributed by atoms with E-state index in [0.29, 0.717) is 23.1 Å². The summed E-state index contributed by atoms with van der Waals surface area (Å²) in [4.78, 5) is 0. The van der Waals surface area contributed by atoms with Crippen LogP contribution in [0.5, 0.6) is 11.5 Å². The first-order valence-corrected chi connectivity index (χ1v) is 6.58. The maximum Gasteiger partial charge on any atom is 0.143 e. The van der Waals surface area contributed by atoms with Gasteiger partial charge in [-0.1, -0.05) is 11.6 Å². The molecular weight excluding hydrogens is 266 g/mol. The molecule has 1 heterocycles. The molecule has 0 spiro atoms. The Bertz CT molecular complexity index is 462. The highest BCUT2D eigenvalue weighted by Gasteiger charge is 2.14. The van der Waals surface area contributed by atoms with Crippen molar-refractivity contribution in [2.75, 3.05) is 26.1 Å². The molecule has 104 valence electrons. The first kappa shape index (κ1) is 13.9. The van der Waals surface area contributed by atoms with Crippen LogP contribution >= 0.6 is 11.6 Å². The van der Waals surface area contributed by atoms with Crippen LogP contribution in [0.4, 0.5) is 5.69 Å². The summed E-state index contributed by atoms with van der Waals surface area (Å²) in [6.07, 6.45) is 6.03. The predicted octanol–water partition coefficient (Wildman–Crippen LogP) is 3.46. The normalized spacial score (nSPS) is 17.7. The highest BCUT2D eigenvalue weighted by molar-refractivity contribution is 6.32. The van der Waals surface area contributed by atoms with E-state index in [1.54, 1.807) is 26.5 Å². The van der Waals surface area contributed by atoms with Gasteiger partial charge in [0.2, 0.25) is 0 Å². The van der Waals surface area contributed by atoms with Gasteiger partial charge in [-0.05, 0) is 18.9 Å². The zero-order valence-corrected chi connectivity index (χ0v) is 11.9. The van der Waals surface area contributed by atoms with Crippen molar-refractivity contribution in [3.63, 3.8) is 0 Å². The van der Waals surface area contributed by atoms with Crippen molar-refractivity contribution < 1.29 is 14.2 Å². The van der Waals surface area contributed by atoms with E-state index in [0.717, 1.165) is 18.5 Å². The summed E-state index contributed by atoms with van der Waals surface area (Å²) < 4.78 is 16.0. The maximum atomic E-state index is 6.06. The molecule has 0 amide bonds. The second kappa shape index (κ2) is 6.57. The third kappa shape index (κ3) is 3.47. The Hall–Kier alpha value is -1.55. The first-order chi connectivity index (χ1) is 9.24. The van der Waals surface area contributed by atoms with Gasteiger partial charge >= 0.3 is 0 Å². The Morgan fingerprint density at radius 3 is 2.74 bits per heavy atom. The molecule has 1 unspecified atom stereocenters. The quantitative estimate of drug-likeness (QED) is 0.898. The van der Waals surface area contributed by atoms with E-state index < -0.39 is 0 Å². The highest BCUT2D eigenvalue weighted by atomic mass is 35.5. The van der Waals surface area contributed by atoms with Gasteiger partial charge in [-0.25, -0.2) is 0 Å². The smallest absolute Gasteiger partial charge is 0.143 e. The number of hydrogen-bond donors (Lipinski definition) is 1. The number of anilines is 1. The van der Waals surface area contributed by atoms with Crippen LogP contribution in [0.15, 0.2) is 24.5 Å². The molecule has 0 fully saturated rings. The van der Waals surface area contributed by atoms with E-state index in [1.807, 2.05) is 12.1 Å². The van der Waals surface area contributed by atoms with Crippen LogP contribution in [0.1, 0.15) is 12.8 Å². The molecular formula is C14H18ClNO3. The summed E-state index contributed by atoms with van der Waals surface area (Å²) in [5.41, 5.74) is 0.849. The molecule has 1 aromatic carbocycles. The minimum atomic E-state index is 0.177. The fraction of sp³-hybridized carbons (Fsp3) is 0.429. The largest absolute Gasteiger partial charge is 0.497 e. The van der Waals surface area contributed by atoms with E-state index in [4.69, 9.17) is 25.8 Å². The Kier molecular flexibility index (Phi) is 4.80. The molecule has 0 saturated carbocycles. The number of allylic oxidation sites excluding steroid dienone is 1. The number of ether oxygens (including phenoxy) is 3. The molecule has 0 aliphatic carbocycles. The zero-order valence-electron chi connectivity index (χ0n) is 11.1. The fourth-order valence-corrected chi connectivity index (χ4v) is 2.19. The van der Waals surface area contributed by atoms with Gasteiger partial charge in [0, 0.05) is 12.1 Å². The minimum absolute atomic E-state index is 0.177. The van der Waals surface area contributed by atoms with Gasteiger partial charge in [0.25, 0.3) is 0 Å². The fourth-order valence-electron chi connectivity index (χ4n) is 1.96. The van der Waals surface area contributed by atoms with Crippen molar-refractivity contribution in [1.29, 1.82) is 0 Å². The Balaban J connectivity index is 2.07. The summed E-state index contributed by atoms with van der Waals surface area (Å²) in [5.74, 6) is 1.31. The molecule has 0 bridgehead atoms. The van der Waals surface area contributed by atoms with Crippen LogP contribution in [0, 0.1) is 0 Å². The molecule has 19 heavy (non-hydrogen) atoms. The molecule has 4 nitrogen and oxygen atoms in total. The molecule has 1 aliphatic heterocycles. The lowest BCUT2D eigenvalue weighted by Crippen LogP contribution is -2.23. The molecule has 1 atom stereocenters. The SMILES string of the molecule is COc1cc(NCC2CCC=CO2)c(OC)cc1Cl. The Morgan fingerprint density at radius 1 is 1.32 bits per heavy atom. The molecule has 1 N–H and O–H groups in total. The molecule has 5 heteroatoms. The van der Waals surface area contributed by atoms with Gasteiger partial charge in [-0.15, -0.1) is 0 Å². The van der Waals surface area contributed by atoms with Gasteiger partial charge in [-0.2, -0.15) is 0 Å². The predicted molar refractivity (Wildman–Crippen MR) is 76.3 cm³/mol. The lowest BCUT2D eigenvalue weighted by atomic mass is 10.1. The van der Waals surface area contributed by atoms with Crippen LogP contribution < -0.4 is 14.8 Å². The van der Waals surface area contributed by atoms with Crippen LogP contribution in [-0.4, -0.2) is 26.9 Å². The molecule has 1 aliphatic rings. The number of benzene rings is 1. The highest BCUT2D eigenvalue weighted by Crippen LogP contribution is 2.35.